The molecule has 8 heteroatoms. The Morgan fingerprint density at radius 1 is 1.00 bits per heavy atom. The summed E-state index contributed by atoms with van der Waals surface area (Å²) in [6.45, 7) is 13.7. The number of hydrogen-bond acceptors (Lipinski definition) is 5. The molecule has 1 N–H and O–H groups in total. The van der Waals surface area contributed by atoms with Gasteiger partial charge < -0.3 is 0 Å². The maximum Gasteiger partial charge on any atom is 0.333 e. The number of para-hydroxylation sites is 1. The molecular formula is C33H39N7O. The molecule has 0 fully saturated rings. The number of aromatic nitrogens is 7. The number of aryl methyl sites for hydroxylation is 1. The van der Waals surface area contributed by atoms with Crippen LogP contribution in [-0.4, -0.2) is 34.7 Å². The summed E-state index contributed by atoms with van der Waals surface area (Å²) in [6.07, 6.45) is 6.76. The lowest BCUT2D eigenvalue weighted by Crippen LogP contribution is -2.27. The summed E-state index contributed by atoms with van der Waals surface area (Å²) in [4.78, 5) is 18.7. The zero-order chi connectivity index (χ0) is 29.1. The second-order valence-corrected chi connectivity index (χ2v) is 12.0. The van der Waals surface area contributed by atoms with Gasteiger partial charge in [-0.25, -0.2) is 9.89 Å². The van der Waals surface area contributed by atoms with Crippen molar-refractivity contribution in [1.29, 1.82) is 0 Å². The summed E-state index contributed by atoms with van der Waals surface area (Å²) >= 11 is 0. The van der Waals surface area contributed by atoms with Crippen LogP contribution in [0.25, 0.3) is 28.3 Å². The molecule has 3 aromatic heterocycles. The highest BCUT2D eigenvalue weighted by Gasteiger charge is 2.25. The van der Waals surface area contributed by atoms with Crippen molar-refractivity contribution in [3.8, 4) is 28.3 Å². The quantitative estimate of drug-likeness (QED) is 0.221. The van der Waals surface area contributed by atoms with E-state index in [0.29, 0.717) is 24.0 Å². The Hall–Kier alpha value is -4.33. The number of nitrogens with zero attached hydrogens (tertiary/aromatic N) is 6. The van der Waals surface area contributed by atoms with Gasteiger partial charge in [0.05, 0.1) is 12.2 Å². The van der Waals surface area contributed by atoms with Crippen molar-refractivity contribution < 1.29 is 0 Å². The zero-order valence-electron chi connectivity index (χ0n) is 24.8. The van der Waals surface area contributed by atoms with E-state index < -0.39 is 0 Å². The van der Waals surface area contributed by atoms with Gasteiger partial charge in [-0.2, -0.15) is 0 Å². The Morgan fingerprint density at radius 3 is 2.44 bits per heavy atom. The van der Waals surface area contributed by atoms with E-state index in [1.165, 1.54) is 11.1 Å². The Morgan fingerprint density at radius 2 is 1.78 bits per heavy atom. The average Bonchev–Trinajstić information content (AvgIpc) is 3.60. The van der Waals surface area contributed by atoms with Crippen LogP contribution in [0.5, 0.6) is 0 Å². The molecule has 0 saturated heterocycles. The van der Waals surface area contributed by atoms with Crippen molar-refractivity contribution in [2.75, 3.05) is 0 Å². The molecule has 2 aromatic carbocycles. The molecule has 0 aliphatic carbocycles. The number of unbranched alkanes of at least 4 members (excludes halogenated alkanes) is 1. The van der Waals surface area contributed by atoms with Gasteiger partial charge in [0.1, 0.15) is 5.69 Å². The highest BCUT2D eigenvalue weighted by atomic mass is 16.1. The third kappa shape index (κ3) is 5.78. The number of rotatable bonds is 9. The first kappa shape index (κ1) is 28.2. The molecule has 8 nitrogen and oxygen atoms in total. The van der Waals surface area contributed by atoms with Gasteiger partial charge in [-0.1, -0.05) is 96.5 Å². The zero-order valence-corrected chi connectivity index (χ0v) is 24.8. The molecule has 0 amide bonds. The second-order valence-electron chi connectivity index (χ2n) is 12.0. The first-order valence-electron chi connectivity index (χ1n) is 14.4. The van der Waals surface area contributed by atoms with E-state index in [9.17, 15) is 4.79 Å². The molecule has 0 aliphatic rings. The highest BCUT2D eigenvalue weighted by Crippen LogP contribution is 2.34. The molecule has 0 aliphatic heterocycles. The lowest BCUT2D eigenvalue weighted by atomic mass is 9.83. The minimum atomic E-state index is -0.103. The van der Waals surface area contributed by atoms with Crippen LogP contribution in [0.1, 0.15) is 82.7 Å². The summed E-state index contributed by atoms with van der Waals surface area (Å²) < 4.78 is 3.85. The topological polar surface area (TPSA) is 94.3 Å². The Bertz CT molecular complexity index is 1670. The van der Waals surface area contributed by atoms with Gasteiger partial charge >= 0.3 is 5.69 Å². The van der Waals surface area contributed by atoms with Crippen molar-refractivity contribution in [2.45, 2.75) is 78.7 Å². The largest absolute Gasteiger partial charge is 0.333 e. The lowest BCUT2D eigenvalue weighted by molar-refractivity contribution is 0.582. The van der Waals surface area contributed by atoms with Gasteiger partial charge in [0.25, 0.3) is 0 Å². The van der Waals surface area contributed by atoms with Crippen LogP contribution in [0.2, 0.25) is 0 Å². The van der Waals surface area contributed by atoms with Crippen molar-refractivity contribution >= 4 is 0 Å². The van der Waals surface area contributed by atoms with Crippen molar-refractivity contribution in [1.82, 2.24) is 34.7 Å². The number of hydrogen-bond donors (Lipinski definition) is 1. The summed E-state index contributed by atoms with van der Waals surface area (Å²) in [6, 6.07) is 18.7. The van der Waals surface area contributed by atoms with E-state index in [-0.39, 0.29) is 11.1 Å². The molecule has 0 radical (unpaired) electrons. The van der Waals surface area contributed by atoms with Crippen molar-refractivity contribution in [2.24, 2.45) is 0 Å². The van der Waals surface area contributed by atoms with Gasteiger partial charge in [-0.05, 0) is 62.9 Å². The smallest absolute Gasteiger partial charge is 0.292 e. The van der Waals surface area contributed by atoms with Crippen LogP contribution in [-0.2, 0) is 18.4 Å². The van der Waals surface area contributed by atoms with E-state index in [1.54, 1.807) is 6.20 Å². The van der Waals surface area contributed by atoms with Crippen LogP contribution in [0.15, 0.2) is 71.8 Å². The van der Waals surface area contributed by atoms with Gasteiger partial charge in [0.15, 0.2) is 5.82 Å². The fraction of sp³-hybridized carbons (Fsp3) is 0.364. The monoisotopic (exact) mass is 549 g/mol. The molecule has 0 atom stereocenters. The van der Waals surface area contributed by atoms with Crippen LogP contribution in [0.3, 0.4) is 0 Å². The molecule has 0 bridgehead atoms. The summed E-state index contributed by atoms with van der Waals surface area (Å²) in [5.41, 5.74) is 8.06. The van der Waals surface area contributed by atoms with Crippen LogP contribution < -0.4 is 5.69 Å². The molecule has 0 spiro atoms. The van der Waals surface area contributed by atoms with Gasteiger partial charge in [0, 0.05) is 23.7 Å². The molecule has 3 heterocycles. The van der Waals surface area contributed by atoms with Crippen LogP contribution in [0, 0.1) is 0 Å². The van der Waals surface area contributed by atoms with Crippen LogP contribution in [0.4, 0.5) is 0 Å². The molecular weight excluding hydrogens is 510 g/mol. The second kappa shape index (κ2) is 11.6. The molecule has 5 rings (SSSR count). The standard InChI is InChI=1S/C33H39N7O/c1-7-8-11-25-21-40(30-26(22(2)3)12-9-14-28(30)33(4,5)6)32(41)39(25)20-23-15-17-24(18-16-23)27-13-10-19-34-29(27)31-35-37-38-36-31/h9-10,12-19,21-22H,7-8,11,20H2,1-6H3,(H,35,36,37,38). The van der Waals surface area contributed by atoms with E-state index >= 15 is 0 Å². The number of aromatic amines is 1. The highest BCUT2D eigenvalue weighted by molar-refractivity contribution is 5.77. The van der Waals surface area contributed by atoms with Gasteiger partial charge in [0.2, 0.25) is 0 Å². The maximum atomic E-state index is 14.2. The predicted molar refractivity (Wildman–Crippen MR) is 163 cm³/mol. The Kier molecular flexibility index (Phi) is 8.01. The van der Waals surface area contributed by atoms with E-state index in [4.69, 9.17) is 0 Å². The van der Waals surface area contributed by atoms with Gasteiger partial charge in [-0.3, -0.25) is 14.1 Å². The van der Waals surface area contributed by atoms with E-state index in [1.807, 2.05) is 21.3 Å². The Balaban J connectivity index is 1.55. The third-order valence-corrected chi connectivity index (χ3v) is 7.57. The number of pyridine rings is 1. The molecule has 212 valence electrons. The minimum Gasteiger partial charge on any atom is -0.292 e. The number of tetrazole rings is 1. The number of H-pyrrole nitrogens is 1. The average molecular weight is 550 g/mol. The molecule has 0 unspecified atom stereocenters. The van der Waals surface area contributed by atoms with Crippen LogP contribution >= 0.6 is 0 Å². The first-order chi connectivity index (χ1) is 19.7. The fourth-order valence-electron chi connectivity index (χ4n) is 5.37. The Labute approximate surface area is 241 Å². The van der Waals surface area contributed by atoms with Crippen molar-refractivity contribution in [3.63, 3.8) is 0 Å². The third-order valence-electron chi connectivity index (χ3n) is 7.57. The molecule has 0 saturated carbocycles. The van der Waals surface area contributed by atoms with Crippen molar-refractivity contribution in [3.05, 3.63) is 99.9 Å². The van der Waals surface area contributed by atoms with E-state index in [2.05, 4.69) is 116 Å². The number of nitrogens with one attached hydrogen (secondary N) is 1. The SMILES string of the molecule is CCCCc1cn(-c2c(C(C)C)cccc2C(C)(C)C)c(=O)n1Cc1ccc(-c2cccnc2-c2nnn[nH]2)cc1. The molecule has 41 heavy (non-hydrogen) atoms. The summed E-state index contributed by atoms with van der Waals surface area (Å²) in [7, 11) is 0. The summed E-state index contributed by atoms with van der Waals surface area (Å²) in [5.74, 6) is 0.814. The maximum absolute atomic E-state index is 14.2. The predicted octanol–water partition coefficient (Wildman–Crippen LogP) is 6.69. The lowest BCUT2D eigenvalue weighted by Gasteiger charge is -2.26. The minimum absolute atomic E-state index is 0.00569. The molecule has 5 aromatic rings. The normalized spacial score (nSPS) is 11.9. The van der Waals surface area contributed by atoms with Gasteiger partial charge in [-0.15, -0.1) is 5.10 Å². The number of imidazole rings is 1. The summed E-state index contributed by atoms with van der Waals surface area (Å²) in [5, 5.41) is 14.2. The number of benzene rings is 2. The fourth-order valence-corrected chi connectivity index (χ4v) is 5.37. The first-order valence-corrected chi connectivity index (χ1v) is 14.4. The van der Waals surface area contributed by atoms with E-state index in [0.717, 1.165) is 47.3 Å².